The molecule has 0 saturated heterocycles. The molecule has 6 heteroatoms. The number of allylic oxidation sites excluding steroid dienone is 2. The summed E-state index contributed by atoms with van der Waals surface area (Å²) < 4.78 is 5.49. The van der Waals surface area contributed by atoms with Gasteiger partial charge in [-0.1, -0.05) is 398 Å². The number of carbonyl (C=O) groups excluding carboxylic acids is 2. The molecule has 0 rings (SSSR count). The SMILES string of the molecule is CCCCCC/C=C\CCCCCCCC(=O)OCCCCCCCCCCCCCCCCCCCCCCCCCCCCCCCC(=O)NC(CO)C(O)CCCCCCCCCCCCCCCCCCCCCCCCCCC. The second kappa shape index (κ2) is 74.1. The molecule has 0 fully saturated rings. The van der Waals surface area contributed by atoms with E-state index in [2.05, 4.69) is 31.3 Å². The van der Waals surface area contributed by atoms with Gasteiger partial charge in [-0.15, -0.1) is 0 Å². The van der Waals surface area contributed by atoms with Gasteiger partial charge in [0.1, 0.15) is 0 Å². The monoisotopic (exact) mass is 1180 g/mol. The zero-order valence-corrected chi connectivity index (χ0v) is 57.4. The van der Waals surface area contributed by atoms with E-state index >= 15 is 0 Å². The second-order valence-corrected chi connectivity index (χ2v) is 27.0. The topological polar surface area (TPSA) is 95.9 Å². The smallest absolute Gasteiger partial charge is 0.305 e. The fraction of sp³-hybridized carbons (Fsp3) is 0.949. The highest BCUT2D eigenvalue weighted by Crippen LogP contribution is 2.20. The first kappa shape index (κ1) is 82.6. The maximum atomic E-state index is 12.6. The Labute approximate surface area is 527 Å². The largest absolute Gasteiger partial charge is 0.466 e. The third-order valence-electron chi connectivity index (χ3n) is 18.6. The Hall–Kier alpha value is -1.40. The van der Waals surface area contributed by atoms with Crippen LogP contribution in [0.1, 0.15) is 450 Å². The molecular weight excluding hydrogens is 1030 g/mol. The minimum atomic E-state index is -0.663. The van der Waals surface area contributed by atoms with Crippen LogP contribution < -0.4 is 5.32 Å². The summed E-state index contributed by atoms with van der Waals surface area (Å²) in [6.45, 7) is 4.99. The van der Waals surface area contributed by atoms with Crippen molar-refractivity contribution in [2.45, 2.75) is 463 Å². The van der Waals surface area contributed by atoms with Crippen molar-refractivity contribution < 1.29 is 24.5 Å². The first-order valence-electron chi connectivity index (χ1n) is 38.9. The first-order chi connectivity index (χ1) is 41.5. The van der Waals surface area contributed by atoms with Gasteiger partial charge >= 0.3 is 5.97 Å². The molecule has 0 aliphatic carbocycles. The predicted molar refractivity (Wildman–Crippen MR) is 370 cm³/mol. The van der Waals surface area contributed by atoms with E-state index in [4.69, 9.17) is 4.74 Å². The average molecular weight is 1190 g/mol. The zero-order valence-electron chi connectivity index (χ0n) is 57.4. The van der Waals surface area contributed by atoms with Crippen LogP contribution in [0, 0.1) is 0 Å². The summed E-state index contributed by atoms with van der Waals surface area (Å²) in [6, 6.07) is -0.540. The number of ether oxygens (including phenoxy) is 1. The van der Waals surface area contributed by atoms with Crippen molar-refractivity contribution in [3.8, 4) is 0 Å². The predicted octanol–water partition coefficient (Wildman–Crippen LogP) is 25.5. The molecule has 2 unspecified atom stereocenters. The number of unbranched alkanes of at least 4 members (excludes halogenated alkanes) is 61. The Morgan fingerprint density at radius 3 is 0.857 bits per heavy atom. The number of nitrogens with one attached hydrogen (secondary N) is 1. The number of esters is 1. The van der Waals surface area contributed by atoms with Crippen molar-refractivity contribution in [2.75, 3.05) is 13.2 Å². The summed E-state index contributed by atoms with van der Waals surface area (Å²) in [6.07, 6.45) is 93.0. The van der Waals surface area contributed by atoms with Gasteiger partial charge in [-0.25, -0.2) is 0 Å². The Balaban J connectivity index is 3.34. The molecule has 0 aliphatic rings. The van der Waals surface area contributed by atoms with Gasteiger partial charge in [-0.3, -0.25) is 9.59 Å². The van der Waals surface area contributed by atoms with Gasteiger partial charge in [0.05, 0.1) is 25.4 Å². The number of rotatable bonds is 74. The van der Waals surface area contributed by atoms with E-state index in [1.807, 2.05) is 0 Å². The lowest BCUT2D eigenvalue weighted by Crippen LogP contribution is -2.45. The molecule has 0 radical (unpaired) electrons. The molecule has 0 aromatic rings. The molecule has 0 bridgehead atoms. The lowest BCUT2D eigenvalue weighted by Gasteiger charge is -2.22. The molecule has 1 amide bonds. The Bertz CT molecular complexity index is 1270. The number of aliphatic hydroxyl groups is 2. The van der Waals surface area contributed by atoms with E-state index < -0.39 is 12.1 Å². The molecule has 3 N–H and O–H groups in total. The summed E-state index contributed by atoms with van der Waals surface area (Å²) in [5.74, 6) is -0.0138. The Kier molecular flexibility index (Phi) is 72.8. The van der Waals surface area contributed by atoms with E-state index in [0.29, 0.717) is 25.9 Å². The molecular formula is C78H153NO5. The van der Waals surface area contributed by atoms with Crippen LogP contribution >= 0.6 is 0 Å². The second-order valence-electron chi connectivity index (χ2n) is 27.0. The summed E-state index contributed by atoms with van der Waals surface area (Å²) in [7, 11) is 0. The molecule has 500 valence electrons. The van der Waals surface area contributed by atoms with Gasteiger partial charge < -0.3 is 20.3 Å². The molecule has 0 aromatic heterocycles. The highest BCUT2D eigenvalue weighted by molar-refractivity contribution is 5.76. The van der Waals surface area contributed by atoms with E-state index in [0.717, 1.165) is 44.9 Å². The normalized spacial score (nSPS) is 12.5. The van der Waals surface area contributed by atoms with E-state index in [-0.39, 0.29) is 18.5 Å². The van der Waals surface area contributed by atoms with Crippen LogP contribution in [-0.2, 0) is 14.3 Å². The number of carbonyl (C=O) groups is 2. The number of amides is 1. The maximum Gasteiger partial charge on any atom is 0.305 e. The van der Waals surface area contributed by atoms with Gasteiger partial charge in [0.25, 0.3) is 0 Å². The molecule has 0 spiro atoms. The standard InChI is InChI=1S/C78H153NO5/c1-3-5-7-9-11-13-15-17-18-19-20-21-22-28-31-34-37-40-43-47-50-54-58-62-66-70-76(81)75(74-80)79-77(82)71-67-63-59-55-51-48-44-41-38-35-32-29-26-24-23-25-27-30-33-36-39-42-45-49-53-57-61-65-69-73-84-78(83)72-68-64-60-56-52-46-16-14-12-10-8-6-4-2/h14,16,75-76,80-81H,3-13,15,17-74H2,1-2H3,(H,79,82)/b16-14-. The molecule has 0 heterocycles. The van der Waals surface area contributed by atoms with Crippen LogP contribution in [0.4, 0.5) is 0 Å². The lowest BCUT2D eigenvalue weighted by molar-refractivity contribution is -0.143. The van der Waals surface area contributed by atoms with Crippen molar-refractivity contribution in [2.24, 2.45) is 0 Å². The minimum Gasteiger partial charge on any atom is -0.466 e. The van der Waals surface area contributed by atoms with Crippen molar-refractivity contribution in [3.05, 3.63) is 12.2 Å². The van der Waals surface area contributed by atoms with Crippen molar-refractivity contribution in [3.63, 3.8) is 0 Å². The molecule has 6 nitrogen and oxygen atoms in total. The average Bonchev–Trinajstić information content (AvgIpc) is 3.51. The van der Waals surface area contributed by atoms with Gasteiger partial charge in [-0.2, -0.15) is 0 Å². The minimum absolute atomic E-state index is 0.0114. The summed E-state index contributed by atoms with van der Waals surface area (Å²) >= 11 is 0. The van der Waals surface area contributed by atoms with Gasteiger partial charge in [0, 0.05) is 12.8 Å². The summed E-state index contributed by atoms with van der Waals surface area (Å²) in [5, 5.41) is 23.5. The summed E-state index contributed by atoms with van der Waals surface area (Å²) in [4.78, 5) is 24.6. The highest BCUT2D eigenvalue weighted by Gasteiger charge is 2.20. The highest BCUT2D eigenvalue weighted by atomic mass is 16.5. The number of aliphatic hydroxyl groups excluding tert-OH is 2. The molecule has 0 aliphatic heterocycles. The van der Waals surface area contributed by atoms with Crippen LogP contribution in [0.3, 0.4) is 0 Å². The van der Waals surface area contributed by atoms with E-state index in [1.54, 1.807) is 0 Å². The summed E-state index contributed by atoms with van der Waals surface area (Å²) in [5.41, 5.74) is 0. The van der Waals surface area contributed by atoms with Crippen molar-refractivity contribution >= 4 is 11.9 Å². The molecule has 84 heavy (non-hydrogen) atoms. The van der Waals surface area contributed by atoms with Crippen molar-refractivity contribution in [1.29, 1.82) is 0 Å². The van der Waals surface area contributed by atoms with Gasteiger partial charge in [-0.05, 0) is 51.4 Å². The van der Waals surface area contributed by atoms with Gasteiger partial charge in [0.15, 0.2) is 0 Å². The molecule has 0 saturated carbocycles. The zero-order chi connectivity index (χ0) is 60.6. The number of hydrogen-bond acceptors (Lipinski definition) is 5. The van der Waals surface area contributed by atoms with Crippen LogP contribution in [0.25, 0.3) is 0 Å². The van der Waals surface area contributed by atoms with E-state index in [9.17, 15) is 19.8 Å². The Morgan fingerprint density at radius 1 is 0.321 bits per heavy atom. The number of hydrogen-bond donors (Lipinski definition) is 3. The van der Waals surface area contributed by atoms with Crippen LogP contribution in [0.15, 0.2) is 12.2 Å². The maximum absolute atomic E-state index is 12.6. The van der Waals surface area contributed by atoms with E-state index in [1.165, 1.54) is 372 Å². The van der Waals surface area contributed by atoms with Crippen molar-refractivity contribution in [1.82, 2.24) is 5.32 Å². The van der Waals surface area contributed by atoms with Crippen LogP contribution in [-0.4, -0.2) is 47.4 Å². The molecule has 2 atom stereocenters. The first-order valence-corrected chi connectivity index (χ1v) is 38.9. The third-order valence-corrected chi connectivity index (χ3v) is 18.6. The Morgan fingerprint density at radius 2 is 0.560 bits per heavy atom. The third kappa shape index (κ3) is 69.7. The molecule has 0 aromatic carbocycles. The van der Waals surface area contributed by atoms with Gasteiger partial charge in [0.2, 0.25) is 5.91 Å². The lowest BCUT2D eigenvalue weighted by atomic mass is 10.0. The van der Waals surface area contributed by atoms with Crippen LogP contribution in [0.5, 0.6) is 0 Å². The van der Waals surface area contributed by atoms with Crippen LogP contribution in [0.2, 0.25) is 0 Å². The quantitative estimate of drug-likeness (QED) is 0.0320. The fourth-order valence-electron chi connectivity index (χ4n) is 12.6. The fourth-order valence-corrected chi connectivity index (χ4v) is 12.6.